The Morgan fingerprint density at radius 2 is 2.33 bits per heavy atom. The second kappa shape index (κ2) is 4.36. The molecule has 0 atom stereocenters. The van der Waals surface area contributed by atoms with Crippen molar-refractivity contribution in [3.63, 3.8) is 0 Å². The zero-order valence-corrected chi connectivity index (χ0v) is 8.80. The predicted octanol–water partition coefficient (Wildman–Crippen LogP) is 3.95. The number of thiophene rings is 1. The third kappa shape index (κ3) is 2.13. The Morgan fingerprint density at radius 3 is 3.00 bits per heavy atom. The van der Waals surface area contributed by atoms with Gasteiger partial charge >= 0.3 is 0 Å². The SMILES string of the molecule is [CH2]/C=C(\F)c1csc(-c2ccccn2)c1. The van der Waals surface area contributed by atoms with E-state index in [0.29, 0.717) is 5.56 Å². The lowest BCUT2D eigenvalue weighted by molar-refractivity contribution is 0.761. The van der Waals surface area contributed by atoms with Crippen LogP contribution in [0.15, 0.2) is 41.9 Å². The van der Waals surface area contributed by atoms with E-state index < -0.39 is 0 Å². The van der Waals surface area contributed by atoms with Gasteiger partial charge in [-0.3, -0.25) is 4.98 Å². The summed E-state index contributed by atoms with van der Waals surface area (Å²) in [7, 11) is 0. The average Bonchev–Trinajstić information content (AvgIpc) is 2.78. The van der Waals surface area contributed by atoms with Crippen molar-refractivity contribution < 1.29 is 4.39 Å². The third-order valence-electron chi connectivity index (χ3n) is 1.97. The van der Waals surface area contributed by atoms with Gasteiger partial charge in [0.25, 0.3) is 0 Å². The van der Waals surface area contributed by atoms with Crippen molar-refractivity contribution in [2.45, 2.75) is 0 Å². The summed E-state index contributed by atoms with van der Waals surface area (Å²) < 4.78 is 13.2. The molecule has 2 rings (SSSR count). The molecule has 15 heavy (non-hydrogen) atoms. The molecule has 0 bridgehead atoms. The molecule has 0 aromatic carbocycles. The molecule has 0 aliphatic heterocycles. The van der Waals surface area contributed by atoms with Crippen molar-refractivity contribution in [3.05, 3.63) is 54.4 Å². The van der Waals surface area contributed by atoms with Gasteiger partial charge in [0.2, 0.25) is 0 Å². The monoisotopic (exact) mass is 218 g/mol. The topological polar surface area (TPSA) is 12.9 Å². The molecule has 0 aliphatic carbocycles. The van der Waals surface area contributed by atoms with Crippen molar-refractivity contribution in [2.75, 3.05) is 0 Å². The molecule has 2 heterocycles. The fraction of sp³-hybridized carbons (Fsp3) is 0. The van der Waals surface area contributed by atoms with Crippen molar-refractivity contribution in [1.82, 2.24) is 4.98 Å². The lowest BCUT2D eigenvalue weighted by Crippen LogP contribution is -1.76. The van der Waals surface area contributed by atoms with Crippen molar-refractivity contribution in [3.8, 4) is 10.6 Å². The van der Waals surface area contributed by atoms with Gasteiger partial charge in [0.15, 0.2) is 0 Å². The van der Waals surface area contributed by atoms with E-state index in [9.17, 15) is 4.39 Å². The van der Waals surface area contributed by atoms with Crippen LogP contribution in [-0.4, -0.2) is 4.98 Å². The van der Waals surface area contributed by atoms with Gasteiger partial charge in [-0.2, -0.15) is 0 Å². The Morgan fingerprint density at radius 1 is 1.47 bits per heavy atom. The van der Waals surface area contributed by atoms with Crippen molar-refractivity contribution in [1.29, 1.82) is 0 Å². The molecule has 0 aliphatic rings. The van der Waals surface area contributed by atoms with E-state index in [2.05, 4.69) is 11.9 Å². The molecule has 75 valence electrons. The van der Waals surface area contributed by atoms with Crippen LogP contribution in [0.3, 0.4) is 0 Å². The highest BCUT2D eigenvalue weighted by atomic mass is 32.1. The smallest absolute Gasteiger partial charge is 0.127 e. The summed E-state index contributed by atoms with van der Waals surface area (Å²) in [5, 5.41) is 1.76. The lowest BCUT2D eigenvalue weighted by atomic mass is 10.2. The first-order valence-electron chi connectivity index (χ1n) is 4.46. The Balaban J connectivity index is 2.36. The summed E-state index contributed by atoms with van der Waals surface area (Å²) in [5.74, 6) is -0.298. The number of hydrogen-bond acceptors (Lipinski definition) is 2. The molecular formula is C12H9FNS. The maximum Gasteiger partial charge on any atom is 0.127 e. The fourth-order valence-corrected chi connectivity index (χ4v) is 2.09. The molecule has 3 heteroatoms. The maximum atomic E-state index is 13.2. The molecule has 0 saturated carbocycles. The highest BCUT2D eigenvalue weighted by molar-refractivity contribution is 7.13. The summed E-state index contributed by atoms with van der Waals surface area (Å²) in [6, 6.07) is 7.45. The number of halogens is 1. The highest BCUT2D eigenvalue weighted by Gasteiger charge is 2.05. The van der Waals surface area contributed by atoms with Crippen LogP contribution in [0.2, 0.25) is 0 Å². The van der Waals surface area contributed by atoms with Gasteiger partial charge < -0.3 is 0 Å². The molecule has 1 radical (unpaired) electrons. The molecule has 1 nitrogen and oxygen atoms in total. The minimum atomic E-state index is -0.298. The second-order valence-electron chi connectivity index (χ2n) is 2.97. The summed E-state index contributed by atoms with van der Waals surface area (Å²) in [6.07, 6.45) is 2.94. The van der Waals surface area contributed by atoms with Crippen LogP contribution >= 0.6 is 11.3 Å². The predicted molar refractivity (Wildman–Crippen MR) is 62.0 cm³/mol. The van der Waals surface area contributed by atoms with Crippen molar-refractivity contribution >= 4 is 17.2 Å². The molecule has 0 saturated heterocycles. The van der Waals surface area contributed by atoms with E-state index in [0.717, 1.165) is 10.6 Å². The van der Waals surface area contributed by atoms with E-state index in [1.165, 1.54) is 17.4 Å². The van der Waals surface area contributed by atoms with E-state index in [1.54, 1.807) is 17.6 Å². The normalized spacial score (nSPS) is 11.7. The van der Waals surface area contributed by atoms with Crippen LogP contribution < -0.4 is 0 Å². The Kier molecular flexibility index (Phi) is 2.92. The van der Waals surface area contributed by atoms with E-state index >= 15 is 0 Å². The first-order chi connectivity index (χ1) is 7.31. The standard InChI is InChI=1S/C12H9FNS/c1-2-10(13)9-7-12(15-8-9)11-5-3-4-6-14-11/h2-8H,1H2/b10-2-. The quantitative estimate of drug-likeness (QED) is 0.743. The van der Waals surface area contributed by atoms with Gasteiger partial charge in [0.1, 0.15) is 5.83 Å². The van der Waals surface area contributed by atoms with Crippen LogP contribution in [0, 0.1) is 6.92 Å². The van der Waals surface area contributed by atoms with Crippen LogP contribution in [0.25, 0.3) is 16.4 Å². The molecule has 2 aromatic heterocycles. The van der Waals surface area contributed by atoms with Gasteiger partial charge in [-0.05, 0) is 31.2 Å². The number of aromatic nitrogens is 1. The number of rotatable bonds is 2. The first-order valence-corrected chi connectivity index (χ1v) is 5.34. The van der Waals surface area contributed by atoms with E-state index in [-0.39, 0.29) is 5.83 Å². The van der Waals surface area contributed by atoms with E-state index in [4.69, 9.17) is 0 Å². The minimum Gasteiger partial charge on any atom is -0.255 e. The molecule has 0 spiro atoms. The molecule has 0 unspecified atom stereocenters. The van der Waals surface area contributed by atoms with Gasteiger partial charge in [0.05, 0.1) is 10.6 Å². The highest BCUT2D eigenvalue weighted by Crippen LogP contribution is 2.29. The molecule has 0 N–H and O–H groups in total. The molecule has 0 amide bonds. The fourth-order valence-electron chi connectivity index (χ4n) is 1.22. The van der Waals surface area contributed by atoms with E-state index in [1.807, 2.05) is 18.2 Å². The zero-order chi connectivity index (χ0) is 10.7. The summed E-state index contributed by atoms with van der Waals surface area (Å²) in [6.45, 7) is 3.40. The van der Waals surface area contributed by atoms with Gasteiger partial charge in [-0.1, -0.05) is 6.07 Å². The van der Waals surface area contributed by atoms with Gasteiger partial charge in [-0.15, -0.1) is 11.3 Å². The molecule has 0 fully saturated rings. The third-order valence-corrected chi connectivity index (χ3v) is 2.92. The maximum absolute atomic E-state index is 13.2. The Hall–Kier alpha value is -1.48. The van der Waals surface area contributed by atoms with Crippen LogP contribution in [0.1, 0.15) is 5.56 Å². The number of nitrogens with zero attached hydrogens (tertiary/aromatic N) is 1. The molecule has 2 aromatic rings. The van der Waals surface area contributed by atoms with Crippen LogP contribution in [0.4, 0.5) is 4.39 Å². The summed E-state index contributed by atoms with van der Waals surface area (Å²) >= 11 is 1.48. The van der Waals surface area contributed by atoms with Crippen molar-refractivity contribution in [2.24, 2.45) is 0 Å². The number of pyridine rings is 1. The Bertz CT molecular complexity index is 473. The zero-order valence-electron chi connectivity index (χ0n) is 7.98. The van der Waals surface area contributed by atoms with Gasteiger partial charge in [-0.25, -0.2) is 4.39 Å². The minimum absolute atomic E-state index is 0.298. The number of hydrogen-bond donors (Lipinski definition) is 0. The number of allylic oxidation sites excluding steroid dienone is 1. The Labute approximate surface area is 91.9 Å². The average molecular weight is 218 g/mol. The van der Waals surface area contributed by atoms with Gasteiger partial charge in [0, 0.05) is 17.1 Å². The molecular weight excluding hydrogens is 209 g/mol. The summed E-state index contributed by atoms with van der Waals surface area (Å²) in [5.41, 5.74) is 1.43. The largest absolute Gasteiger partial charge is 0.255 e. The second-order valence-corrected chi connectivity index (χ2v) is 3.88. The summed E-state index contributed by atoms with van der Waals surface area (Å²) in [4.78, 5) is 5.16. The van der Waals surface area contributed by atoms with Crippen LogP contribution in [0.5, 0.6) is 0 Å². The first kappa shape index (κ1) is 10.1. The lowest BCUT2D eigenvalue weighted by Gasteiger charge is -1.93. The van der Waals surface area contributed by atoms with Crippen LogP contribution in [-0.2, 0) is 0 Å².